The number of esters is 1. The molecule has 1 saturated carbocycles. The molecule has 2 saturated heterocycles. The molecule has 3 heterocycles. The van der Waals surface area contributed by atoms with Gasteiger partial charge in [-0.2, -0.15) is 0 Å². The number of hydrogen-bond acceptors (Lipinski definition) is 16. The lowest BCUT2D eigenvalue weighted by molar-refractivity contribution is -0.266. The van der Waals surface area contributed by atoms with Crippen LogP contribution in [-0.4, -0.2) is 177 Å². The van der Waals surface area contributed by atoms with Gasteiger partial charge in [-0.3, -0.25) is 14.4 Å². The highest BCUT2D eigenvalue weighted by atomic mass is 16.6. The second kappa shape index (κ2) is 31.9. The number of aliphatic hydroxyl groups excluding tert-OH is 3. The quantitative estimate of drug-likeness (QED) is 0.0637. The van der Waals surface area contributed by atoms with Crippen LogP contribution in [0.1, 0.15) is 126 Å². The molecule has 0 spiro atoms. The first-order valence-electron chi connectivity index (χ1n) is 27.3. The van der Waals surface area contributed by atoms with Crippen LogP contribution in [0.5, 0.6) is 0 Å². The van der Waals surface area contributed by atoms with E-state index < -0.39 is 83.9 Å². The Hall–Kier alpha value is -3.20. The minimum atomic E-state index is -2.47. The van der Waals surface area contributed by atoms with Gasteiger partial charge in [0.05, 0.1) is 70.2 Å². The van der Waals surface area contributed by atoms with Crippen LogP contribution in [-0.2, 0) is 57.1 Å². The molecular formula is C57H93NO16. The number of methoxy groups -OCH3 is 3. The third-order valence-electron chi connectivity index (χ3n) is 15.8. The molecular weight excluding hydrogens is 955 g/mol. The van der Waals surface area contributed by atoms with E-state index in [4.69, 9.17) is 37.9 Å². The second-order valence-electron chi connectivity index (χ2n) is 21.6. The summed E-state index contributed by atoms with van der Waals surface area (Å²) in [5, 5.41) is 45.0. The summed E-state index contributed by atoms with van der Waals surface area (Å²) in [6.07, 6.45) is 11.2. The molecule has 4 N–H and O–H groups in total. The third kappa shape index (κ3) is 18.5. The first-order valence-corrected chi connectivity index (χ1v) is 27.3. The topological polar surface area (TPSA) is 226 Å². The number of Topliss-reactive ketones (excluding diaryl/α,β-unsaturated/α-hetero) is 2. The van der Waals surface area contributed by atoms with Crippen molar-refractivity contribution in [3.63, 3.8) is 0 Å². The van der Waals surface area contributed by atoms with Crippen LogP contribution < -0.4 is 0 Å². The van der Waals surface area contributed by atoms with E-state index in [2.05, 4.69) is 0 Å². The van der Waals surface area contributed by atoms with Gasteiger partial charge in [-0.25, -0.2) is 4.79 Å². The van der Waals surface area contributed by atoms with Crippen molar-refractivity contribution >= 4 is 23.4 Å². The predicted molar refractivity (Wildman–Crippen MR) is 279 cm³/mol. The summed E-state index contributed by atoms with van der Waals surface area (Å²) in [5.41, 5.74) is 1.29. The molecule has 0 aromatic heterocycles. The van der Waals surface area contributed by atoms with Gasteiger partial charge in [0.15, 0.2) is 5.78 Å². The molecule has 2 bridgehead atoms. The normalized spacial score (nSPS) is 36.8. The fourth-order valence-corrected chi connectivity index (χ4v) is 11.0. The van der Waals surface area contributed by atoms with Crippen molar-refractivity contribution in [1.29, 1.82) is 0 Å². The number of carbonyl (C=O) groups is 4. The molecule has 3 aliphatic heterocycles. The van der Waals surface area contributed by atoms with Crippen molar-refractivity contribution in [3.8, 4) is 0 Å². The zero-order valence-corrected chi connectivity index (χ0v) is 46.2. The Bertz CT molecular complexity index is 1870. The number of fused-ring (bicyclic) bond motifs is 3. The number of aliphatic hydroxyl groups is 4. The van der Waals surface area contributed by atoms with E-state index in [0.717, 1.165) is 12.0 Å². The summed E-state index contributed by atoms with van der Waals surface area (Å²) < 4.78 is 47.1. The molecule has 16 atom stereocenters. The van der Waals surface area contributed by atoms with E-state index in [1.807, 2.05) is 58.1 Å². The highest BCUT2D eigenvalue weighted by molar-refractivity contribution is 6.39. The van der Waals surface area contributed by atoms with Crippen molar-refractivity contribution in [2.75, 3.05) is 67.5 Å². The fraction of sp³-hybridized carbons (Fsp3) is 0.789. The van der Waals surface area contributed by atoms with Crippen molar-refractivity contribution in [1.82, 2.24) is 4.90 Å². The number of ketones is 2. The number of piperidine rings is 1. The zero-order valence-electron chi connectivity index (χ0n) is 46.2. The number of carbonyl (C=O) groups excluding carboxylic acids is 4. The molecule has 74 heavy (non-hydrogen) atoms. The van der Waals surface area contributed by atoms with Crippen LogP contribution >= 0.6 is 0 Å². The Labute approximate surface area is 441 Å². The molecule has 3 fully saturated rings. The summed E-state index contributed by atoms with van der Waals surface area (Å²) >= 11 is 0. The standard InChI is InChI=1S/C57H93NO16/c1-36-16-12-11-13-17-37(2)48(72-29-28-70-27-26-67-8)34-44-21-19-42(7)57(66,74-44)54(63)55(64)58-23-15-14-18-45(58)56(65)73-49(39(4)32-43-20-22-47(71-25-24-59)50(33-43)68-9)35-46(60)38(3)31-41(6)52(62)53(69-10)51(61)40(5)30-36/h11-13,16-17,31,36,38-40,42-50,52-53,59-60,62,66H,14-15,18-30,32-35H2,1-10H3/b13-11?,16-12+,37-17?,41-31+/t36-,38-,39-,40-,42-,43+,44+,45+,46?,47-,48-,49+,50-,52-,53+,57-/m1/s1. The maximum atomic E-state index is 14.6. The van der Waals surface area contributed by atoms with E-state index in [1.54, 1.807) is 41.1 Å². The summed E-state index contributed by atoms with van der Waals surface area (Å²) in [6, 6.07) is -1.14. The first-order chi connectivity index (χ1) is 35.3. The number of allylic oxidation sites excluding steroid dienone is 5. The Balaban J connectivity index is 1.70. The monoisotopic (exact) mass is 1050 g/mol. The van der Waals surface area contributed by atoms with Crippen LogP contribution in [0.15, 0.2) is 47.6 Å². The predicted octanol–water partition coefficient (Wildman–Crippen LogP) is 6.02. The summed E-state index contributed by atoms with van der Waals surface area (Å²) in [5.74, 6) is -7.48. The SMILES string of the molecule is COCCOCCO[C@@H]1C[C@@H]2CC[C@@H](C)[C@@](O)(O2)C(=O)C(=O)N2CCCC[C@H]2C(=O)O[C@H]([C@H](C)C[C@@H]2CC[C@@H](OCCO)[C@H](OC)C2)CC(O)[C@H](C)/C=C(\C)[C@@H](O)[C@@H](OC)C(=O)[C@H](C)C[C@H](C)/C=C/C=CC=C1C. The van der Waals surface area contributed by atoms with E-state index in [9.17, 15) is 39.6 Å². The van der Waals surface area contributed by atoms with E-state index in [1.165, 1.54) is 12.0 Å². The molecule has 1 amide bonds. The number of nitrogens with zero attached hydrogens (tertiary/aromatic N) is 1. The second-order valence-corrected chi connectivity index (χ2v) is 21.6. The molecule has 17 heteroatoms. The minimum absolute atomic E-state index is 0.00190. The molecule has 1 aliphatic carbocycles. The Morgan fingerprint density at radius 1 is 0.797 bits per heavy atom. The van der Waals surface area contributed by atoms with Crippen LogP contribution in [0.4, 0.5) is 0 Å². The van der Waals surface area contributed by atoms with E-state index in [0.29, 0.717) is 76.8 Å². The highest BCUT2D eigenvalue weighted by Gasteiger charge is 2.53. The Kier molecular flexibility index (Phi) is 27.3. The Morgan fingerprint density at radius 3 is 2.24 bits per heavy atom. The van der Waals surface area contributed by atoms with Gasteiger partial charge in [0.2, 0.25) is 5.79 Å². The van der Waals surface area contributed by atoms with Gasteiger partial charge >= 0.3 is 5.97 Å². The molecule has 1 unspecified atom stereocenters. The van der Waals surface area contributed by atoms with Crippen molar-refractivity contribution in [2.24, 2.45) is 35.5 Å². The van der Waals surface area contributed by atoms with Crippen LogP contribution in [0.3, 0.4) is 0 Å². The number of amides is 1. The van der Waals surface area contributed by atoms with Gasteiger partial charge in [0, 0.05) is 58.5 Å². The van der Waals surface area contributed by atoms with Crippen molar-refractivity contribution in [2.45, 2.75) is 186 Å². The average molecular weight is 1050 g/mol. The summed E-state index contributed by atoms with van der Waals surface area (Å²) in [7, 11) is 4.63. The Morgan fingerprint density at radius 2 is 1.54 bits per heavy atom. The average Bonchev–Trinajstić information content (AvgIpc) is 3.38. The fourth-order valence-electron chi connectivity index (χ4n) is 11.0. The molecule has 17 nitrogen and oxygen atoms in total. The van der Waals surface area contributed by atoms with Crippen LogP contribution in [0.25, 0.3) is 0 Å². The van der Waals surface area contributed by atoms with Crippen molar-refractivity contribution < 1.29 is 77.5 Å². The number of hydrogen-bond donors (Lipinski definition) is 4. The highest BCUT2D eigenvalue weighted by Crippen LogP contribution is 2.38. The number of ether oxygens (including phenoxy) is 8. The maximum Gasteiger partial charge on any atom is 0.329 e. The third-order valence-corrected chi connectivity index (χ3v) is 15.8. The lowest BCUT2D eigenvalue weighted by Gasteiger charge is -2.43. The molecule has 0 aromatic rings. The summed E-state index contributed by atoms with van der Waals surface area (Å²) in [4.78, 5) is 58.6. The van der Waals surface area contributed by atoms with Gasteiger partial charge in [-0.05, 0) is 107 Å². The smallest absolute Gasteiger partial charge is 0.329 e. The van der Waals surface area contributed by atoms with Gasteiger partial charge in [-0.1, -0.05) is 71.1 Å². The number of cyclic esters (lactones) is 1. The first kappa shape index (κ1) is 63.3. The lowest BCUT2D eigenvalue weighted by atomic mass is 9.78. The molecule has 0 aromatic carbocycles. The number of rotatable bonds is 15. The van der Waals surface area contributed by atoms with Gasteiger partial charge in [0.1, 0.15) is 24.4 Å². The van der Waals surface area contributed by atoms with Gasteiger partial charge in [0.25, 0.3) is 11.7 Å². The molecule has 0 radical (unpaired) electrons. The molecule has 4 aliphatic rings. The minimum Gasteiger partial charge on any atom is -0.460 e. The maximum absolute atomic E-state index is 14.6. The lowest BCUT2D eigenvalue weighted by Crippen LogP contribution is -2.61. The summed E-state index contributed by atoms with van der Waals surface area (Å²) in [6.45, 7) is 14.5. The van der Waals surface area contributed by atoms with Gasteiger partial charge < -0.3 is 63.2 Å². The van der Waals surface area contributed by atoms with Crippen LogP contribution in [0.2, 0.25) is 0 Å². The molecule has 422 valence electrons. The largest absolute Gasteiger partial charge is 0.460 e. The zero-order chi connectivity index (χ0) is 54.5. The molecule has 4 rings (SSSR count). The van der Waals surface area contributed by atoms with Crippen LogP contribution in [0, 0.1) is 35.5 Å². The van der Waals surface area contributed by atoms with E-state index >= 15 is 0 Å². The van der Waals surface area contributed by atoms with E-state index in [-0.39, 0.29) is 81.4 Å². The van der Waals surface area contributed by atoms with Gasteiger partial charge in [-0.15, -0.1) is 0 Å². The van der Waals surface area contributed by atoms with Crippen molar-refractivity contribution in [3.05, 3.63) is 47.6 Å².